The van der Waals surface area contributed by atoms with E-state index in [4.69, 9.17) is 17.2 Å². The summed E-state index contributed by atoms with van der Waals surface area (Å²) in [4.78, 5) is 54.2. The molecule has 0 radical (unpaired) electrons. The number of aliphatic carboxylic acids is 1. The second kappa shape index (κ2) is 17.4. The van der Waals surface area contributed by atoms with Crippen molar-refractivity contribution >= 4 is 54.0 Å². The Labute approximate surface area is 231 Å². The van der Waals surface area contributed by atoms with Gasteiger partial charge in [-0.2, -0.15) is 24.4 Å². The molecule has 15 heteroatoms. The smallest absolute Gasteiger partial charge is 0.327 e. The summed E-state index contributed by atoms with van der Waals surface area (Å²) < 4.78 is 0. The van der Waals surface area contributed by atoms with Crippen LogP contribution < -0.4 is 33.2 Å². The van der Waals surface area contributed by atoms with Gasteiger partial charge in [0.05, 0.1) is 6.04 Å². The van der Waals surface area contributed by atoms with Crippen molar-refractivity contribution in [3.8, 4) is 5.75 Å². The number of rotatable bonds is 17. The number of carbonyl (C=O) groups is 4. The summed E-state index contributed by atoms with van der Waals surface area (Å²) in [7, 11) is 0. The van der Waals surface area contributed by atoms with Crippen LogP contribution in [0.1, 0.15) is 24.8 Å². The molecule has 1 rings (SSSR count). The summed E-state index contributed by atoms with van der Waals surface area (Å²) in [6.07, 6.45) is 2.75. The van der Waals surface area contributed by atoms with Gasteiger partial charge in [0.15, 0.2) is 5.96 Å². The van der Waals surface area contributed by atoms with Crippen molar-refractivity contribution in [1.29, 1.82) is 0 Å². The lowest BCUT2D eigenvalue weighted by Gasteiger charge is -2.25. The highest BCUT2D eigenvalue weighted by molar-refractivity contribution is 7.98. The zero-order valence-corrected chi connectivity index (χ0v) is 22.8. The Morgan fingerprint density at radius 1 is 0.974 bits per heavy atom. The molecule has 4 atom stereocenters. The molecule has 0 aliphatic rings. The standard InChI is InChI=1S/C23H37N7O6S2/c1-38-10-8-15(24)19(32)28-16(3-2-9-27-23(25)26)20(33)29-17(11-13-4-6-14(31)7-5-13)21(34)30-18(12-37)22(35)36/h4-7,15-18,31,37H,2-3,8-12,24H2,1H3,(H,28,32)(H,29,33)(H,30,34)(H,35,36)(H4,25,26,27). The first-order valence-corrected chi connectivity index (χ1v) is 13.8. The molecule has 13 nitrogen and oxygen atoms in total. The van der Waals surface area contributed by atoms with E-state index in [1.807, 2.05) is 6.26 Å². The fourth-order valence-corrected chi connectivity index (χ4v) is 3.97. The summed E-state index contributed by atoms with van der Waals surface area (Å²) in [5.74, 6) is -2.85. The van der Waals surface area contributed by atoms with Gasteiger partial charge in [-0.05, 0) is 49.0 Å². The van der Waals surface area contributed by atoms with Crippen LogP contribution in [-0.4, -0.2) is 88.3 Å². The van der Waals surface area contributed by atoms with Crippen LogP contribution in [0.15, 0.2) is 29.3 Å². The van der Waals surface area contributed by atoms with Crippen LogP contribution >= 0.6 is 24.4 Å². The van der Waals surface area contributed by atoms with E-state index in [-0.39, 0.29) is 36.8 Å². The van der Waals surface area contributed by atoms with Crippen molar-refractivity contribution in [2.45, 2.75) is 49.9 Å². The third kappa shape index (κ3) is 12.4. The number of thiol groups is 1. The summed E-state index contributed by atoms with van der Waals surface area (Å²) in [5, 5.41) is 26.4. The molecule has 212 valence electrons. The molecule has 0 bridgehead atoms. The molecule has 0 spiro atoms. The highest BCUT2D eigenvalue weighted by Crippen LogP contribution is 2.12. The summed E-state index contributed by atoms with van der Waals surface area (Å²) in [6, 6.07) is 1.59. The topological polar surface area (TPSA) is 235 Å². The van der Waals surface area contributed by atoms with E-state index < -0.39 is 47.9 Å². The Balaban J connectivity index is 3.12. The third-order valence-corrected chi connectivity index (χ3v) is 6.36. The SMILES string of the molecule is CSCCC(N)C(=O)NC(CCCN=C(N)N)C(=O)NC(Cc1ccc(O)cc1)C(=O)NC(CS)C(=O)O. The molecule has 0 heterocycles. The lowest BCUT2D eigenvalue weighted by molar-refractivity contribution is -0.141. The number of nitrogens with zero attached hydrogens (tertiary/aromatic N) is 1. The van der Waals surface area contributed by atoms with Gasteiger partial charge < -0.3 is 43.4 Å². The van der Waals surface area contributed by atoms with Crippen molar-refractivity contribution in [2.24, 2.45) is 22.2 Å². The zero-order valence-electron chi connectivity index (χ0n) is 21.1. The van der Waals surface area contributed by atoms with Crippen LogP contribution in [0, 0.1) is 0 Å². The van der Waals surface area contributed by atoms with E-state index in [0.29, 0.717) is 24.2 Å². The van der Waals surface area contributed by atoms with Gasteiger partial charge in [0, 0.05) is 18.7 Å². The number of hydrogen-bond donors (Lipinski definition) is 9. The molecule has 0 aliphatic heterocycles. The molecule has 11 N–H and O–H groups in total. The van der Waals surface area contributed by atoms with Crippen LogP contribution in [0.4, 0.5) is 0 Å². The first-order chi connectivity index (χ1) is 18.0. The Hall–Kier alpha value is -3.17. The Morgan fingerprint density at radius 2 is 1.55 bits per heavy atom. The number of carboxylic acid groups (broad SMARTS) is 1. The number of benzene rings is 1. The molecule has 0 fully saturated rings. The second-order valence-corrected chi connectivity index (χ2v) is 9.76. The molecule has 0 saturated carbocycles. The quantitative estimate of drug-likeness (QED) is 0.0456. The highest BCUT2D eigenvalue weighted by Gasteiger charge is 2.30. The average Bonchev–Trinajstić information content (AvgIpc) is 2.87. The number of phenolic OH excluding ortho intramolecular Hbond substituents is 1. The summed E-state index contributed by atoms with van der Waals surface area (Å²) in [6.45, 7) is 0.209. The van der Waals surface area contributed by atoms with Gasteiger partial charge in [0.25, 0.3) is 0 Å². The van der Waals surface area contributed by atoms with Crippen molar-refractivity contribution in [1.82, 2.24) is 16.0 Å². The number of carbonyl (C=O) groups excluding carboxylic acids is 3. The molecule has 38 heavy (non-hydrogen) atoms. The van der Waals surface area contributed by atoms with Crippen LogP contribution in [0.2, 0.25) is 0 Å². The molecule has 1 aromatic rings. The largest absolute Gasteiger partial charge is 0.508 e. The van der Waals surface area contributed by atoms with Crippen molar-refractivity contribution in [3.05, 3.63) is 29.8 Å². The predicted molar refractivity (Wildman–Crippen MR) is 150 cm³/mol. The minimum atomic E-state index is -1.29. The molecular formula is C23H37N7O6S2. The van der Waals surface area contributed by atoms with E-state index in [0.717, 1.165) is 0 Å². The fraction of sp³-hybridized carbons (Fsp3) is 0.522. The van der Waals surface area contributed by atoms with Crippen LogP contribution in [0.3, 0.4) is 0 Å². The lowest BCUT2D eigenvalue weighted by Crippen LogP contribution is -2.57. The molecule has 1 aromatic carbocycles. The highest BCUT2D eigenvalue weighted by atomic mass is 32.2. The van der Waals surface area contributed by atoms with Gasteiger partial charge in [-0.3, -0.25) is 19.4 Å². The molecule has 0 saturated heterocycles. The number of amides is 3. The van der Waals surface area contributed by atoms with Gasteiger partial charge in [0.1, 0.15) is 23.9 Å². The first-order valence-electron chi connectivity index (χ1n) is 11.8. The number of nitrogens with two attached hydrogens (primary N) is 3. The number of guanidine groups is 1. The number of hydrogen-bond acceptors (Lipinski definition) is 9. The van der Waals surface area contributed by atoms with E-state index in [1.54, 1.807) is 12.1 Å². The van der Waals surface area contributed by atoms with E-state index in [1.165, 1.54) is 23.9 Å². The number of thioether (sulfide) groups is 1. The number of carboxylic acids is 1. The lowest BCUT2D eigenvalue weighted by atomic mass is 10.0. The van der Waals surface area contributed by atoms with E-state index in [9.17, 15) is 29.4 Å². The maximum absolute atomic E-state index is 13.3. The Morgan fingerprint density at radius 3 is 2.11 bits per heavy atom. The number of aromatic hydroxyl groups is 1. The van der Waals surface area contributed by atoms with Gasteiger partial charge in [-0.1, -0.05) is 12.1 Å². The molecule has 4 unspecified atom stereocenters. The maximum atomic E-state index is 13.3. The Kier molecular flexibility index (Phi) is 15.0. The number of aliphatic imine (C=N–C) groups is 1. The van der Waals surface area contributed by atoms with Gasteiger partial charge in [0.2, 0.25) is 17.7 Å². The fourth-order valence-electron chi connectivity index (χ4n) is 3.23. The summed E-state index contributed by atoms with van der Waals surface area (Å²) >= 11 is 5.48. The van der Waals surface area contributed by atoms with Gasteiger partial charge >= 0.3 is 5.97 Å². The van der Waals surface area contributed by atoms with Crippen LogP contribution in [0.5, 0.6) is 5.75 Å². The van der Waals surface area contributed by atoms with Gasteiger partial charge in [-0.15, -0.1) is 0 Å². The zero-order chi connectivity index (χ0) is 28.7. The van der Waals surface area contributed by atoms with Crippen molar-refractivity contribution in [3.63, 3.8) is 0 Å². The van der Waals surface area contributed by atoms with E-state index in [2.05, 4.69) is 33.6 Å². The number of nitrogens with one attached hydrogen (secondary N) is 3. The van der Waals surface area contributed by atoms with E-state index >= 15 is 0 Å². The van der Waals surface area contributed by atoms with Crippen molar-refractivity contribution < 1.29 is 29.4 Å². The Bertz CT molecular complexity index is 960. The minimum Gasteiger partial charge on any atom is -0.508 e. The average molecular weight is 572 g/mol. The molecule has 3 amide bonds. The molecule has 0 aliphatic carbocycles. The predicted octanol–water partition coefficient (Wildman–Crippen LogP) is -1.46. The monoisotopic (exact) mass is 571 g/mol. The van der Waals surface area contributed by atoms with Crippen molar-refractivity contribution in [2.75, 3.05) is 24.3 Å². The minimum absolute atomic E-state index is 0.0150. The normalized spacial score (nSPS) is 13.9. The van der Waals surface area contributed by atoms with Crippen LogP contribution in [0.25, 0.3) is 0 Å². The number of phenols is 1. The molecule has 0 aromatic heterocycles. The van der Waals surface area contributed by atoms with Gasteiger partial charge in [-0.25, -0.2) is 4.79 Å². The maximum Gasteiger partial charge on any atom is 0.327 e. The summed E-state index contributed by atoms with van der Waals surface area (Å²) in [5.41, 5.74) is 17.2. The third-order valence-electron chi connectivity index (χ3n) is 5.35. The van der Waals surface area contributed by atoms with Crippen LogP contribution in [-0.2, 0) is 25.6 Å². The molecular weight excluding hydrogens is 534 g/mol. The second-order valence-electron chi connectivity index (χ2n) is 8.41. The first kappa shape index (κ1) is 32.9.